The number of carbonyl (C=O) groups excluding carboxylic acids is 2. The van der Waals surface area contributed by atoms with Crippen LogP contribution in [0.2, 0.25) is 0 Å². The third-order valence-electron chi connectivity index (χ3n) is 4.91. The first-order valence-corrected chi connectivity index (χ1v) is 11.9. The minimum Gasteiger partial charge on any atom is -0.444 e. The van der Waals surface area contributed by atoms with E-state index in [2.05, 4.69) is 5.32 Å². The number of ether oxygens (including phenoxy) is 1. The van der Waals surface area contributed by atoms with Gasteiger partial charge >= 0.3 is 12.3 Å². The number of amides is 2. The van der Waals surface area contributed by atoms with E-state index in [1.54, 1.807) is 20.8 Å². The van der Waals surface area contributed by atoms with Crippen molar-refractivity contribution in [2.45, 2.75) is 57.9 Å². The number of primary amides is 1. The molecule has 0 radical (unpaired) electrons. The quantitative estimate of drug-likeness (QED) is 0.598. The lowest BCUT2D eigenvalue weighted by Crippen LogP contribution is -2.47. The van der Waals surface area contributed by atoms with Crippen molar-refractivity contribution in [3.63, 3.8) is 0 Å². The number of nitrogens with zero attached hydrogens (tertiary/aromatic N) is 2. The molecule has 0 unspecified atom stereocenters. The summed E-state index contributed by atoms with van der Waals surface area (Å²) in [6.45, 7) is 6.88. The number of hydrogen-bond donors (Lipinski definition) is 2. The third kappa shape index (κ3) is 9.13. The zero-order valence-corrected chi connectivity index (χ0v) is 20.6. The number of alkyl halides is 3. The lowest BCUT2D eigenvalue weighted by Gasteiger charge is -2.22. The molecule has 1 aliphatic rings. The highest BCUT2D eigenvalue weighted by Crippen LogP contribution is 2.33. The molecule has 0 aliphatic carbocycles. The van der Waals surface area contributed by atoms with Gasteiger partial charge in [0.15, 0.2) is 0 Å². The number of thiophene rings is 1. The van der Waals surface area contributed by atoms with E-state index < -0.39 is 35.4 Å². The molecule has 3 rings (SSSR count). The van der Waals surface area contributed by atoms with Crippen LogP contribution in [0.1, 0.15) is 49.6 Å². The van der Waals surface area contributed by atoms with E-state index in [1.165, 1.54) is 17.4 Å². The van der Waals surface area contributed by atoms with E-state index in [-0.39, 0.29) is 5.56 Å². The Bertz CT molecular complexity index is 1040. The summed E-state index contributed by atoms with van der Waals surface area (Å²) in [7, 11) is 0. The first-order chi connectivity index (χ1) is 16.3. The van der Waals surface area contributed by atoms with E-state index >= 15 is 0 Å². The summed E-state index contributed by atoms with van der Waals surface area (Å²) < 4.78 is 42.6. The first kappa shape index (κ1) is 28.0. The van der Waals surface area contributed by atoms with Gasteiger partial charge in [-0.2, -0.15) is 18.4 Å². The average molecular weight is 511 g/mol. The highest BCUT2D eigenvalue weighted by atomic mass is 32.1. The van der Waals surface area contributed by atoms with Crippen molar-refractivity contribution >= 4 is 29.0 Å². The number of anilines is 1. The van der Waals surface area contributed by atoms with Gasteiger partial charge in [0.05, 0.1) is 16.8 Å². The van der Waals surface area contributed by atoms with Crippen LogP contribution in [0, 0.1) is 11.3 Å². The zero-order chi connectivity index (χ0) is 26.2. The number of benzene rings is 1. The Kier molecular flexibility index (Phi) is 9.54. The van der Waals surface area contributed by atoms with Gasteiger partial charge in [0.1, 0.15) is 17.7 Å². The summed E-state index contributed by atoms with van der Waals surface area (Å²) in [5.74, 6) is -0.575. The molecule has 190 valence electrons. The number of nitrogens with one attached hydrogen (secondary N) is 1. The monoisotopic (exact) mass is 510 g/mol. The summed E-state index contributed by atoms with van der Waals surface area (Å²) in [4.78, 5) is 25.8. The number of carbonyl (C=O) groups is 2. The molecular formula is C24H29F3N4O3S. The number of nitrogens with two attached hydrogens (primary N) is 1. The Morgan fingerprint density at radius 1 is 1.23 bits per heavy atom. The van der Waals surface area contributed by atoms with E-state index in [0.29, 0.717) is 12.1 Å². The van der Waals surface area contributed by atoms with E-state index in [0.717, 1.165) is 42.9 Å². The van der Waals surface area contributed by atoms with Gasteiger partial charge in [0, 0.05) is 24.4 Å². The standard InChI is InChI=1S/C12H11F3N2.C12H18N2O3S/c13-12(14,15)10-3-4-11(9(7-10)8-16)17-5-1-2-6-17;1-12(2,3)17-11(16)14-9(10(13)15)7-8-5-4-6-18-8/h3-4,7H,1-2,5-6H2;4-6,9H,7H2,1-3H3,(H2,13,15)(H,14,16)/t;9-/m.0/s1. The zero-order valence-electron chi connectivity index (χ0n) is 19.8. The molecule has 0 bridgehead atoms. The molecule has 7 nitrogen and oxygen atoms in total. The number of alkyl carbamates (subject to hydrolysis) is 1. The number of nitriles is 1. The Balaban J connectivity index is 0.000000247. The van der Waals surface area contributed by atoms with Crippen molar-refractivity contribution in [2.75, 3.05) is 18.0 Å². The second-order valence-corrected chi connectivity index (χ2v) is 9.95. The lowest BCUT2D eigenvalue weighted by molar-refractivity contribution is -0.137. The summed E-state index contributed by atoms with van der Waals surface area (Å²) in [6.07, 6.45) is -2.61. The van der Waals surface area contributed by atoms with Crippen LogP contribution in [-0.4, -0.2) is 36.7 Å². The highest BCUT2D eigenvalue weighted by molar-refractivity contribution is 7.09. The highest BCUT2D eigenvalue weighted by Gasteiger charge is 2.31. The molecule has 1 aromatic heterocycles. The van der Waals surface area contributed by atoms with E-state index in [9.17, 15) is 22.8 Å². The minimum atomic E-state index is -4.39. The van der Waals surface area contributed by atoms with Crippen LogP contribution in [0.15, 0.2) is 35.7 Å². The van der Waals surface area contributed by atoms with Crippen molar-refractivity contribution in [3.05, 3.63) is 51.7 Å². The fourth-order valence-corrected chi connectivity index (χ4v) is 4.09. The maximum Gasteiger partial charge on any atom is 0.416 e. The smallest absolute Gasteiger partial charge is 0.416 e. The SMILES string of the molecule is CC(C)(C)OC(=O)N[C@@H](Cc1cccs1)C(N)=O.N#Cc1cc(C(F)(F)F)ccc1N1CCCC1. The Labute approximate surface area is 206 Å². The van der Waals surface area contributed by atoms with Gasteiger partial charge in [-0.1, -0.05) is 6.07 Å². The maximum atomic E-state index is 12.5. The van der Waals surface area contributed by atoms with Crippen LogP contribution >= 0.6 is 11.3 Å². The van der Waals surface area contributed by atoms with Gasteiger partial charge in [-0.3, -0.25) is 4.79 Å². The van der Waals surface area contributed by atoms with Gasteiger partial charge in [-0.25, -0.2) is 4.79 Å². The molecule has 1 atom stereocenters. The summed E-state index contributed by atoms with van der Waals surface area (Å²) in [6, 6.07) is 8.21. The first-order valence-electron chi connectivity index (χ1n) is 11.0. The number of halogens is 3. The molecule has 1 saturated heterocycles. The fraction of sp³-hybridized carbons (Fsp3) is 0.458. The average Bonchev–Trinajstić information content (AvgIpc) is 3.45. The third-order valence-corrected chi connectivity index (χ3v) is 5.81. The minimum absolute atomic E-state index is 0.0988. The molecular weight excluding hydrogens is 481 g/mol. The predicted molar refractivity (Wildman–Crippen MR) is 128 cm³/mol. The number of rotatable bonds is 5. The second-order valence-electron chi connectivity index (χ2n) is 8.92. The molecule has 3 N–H and O–H groups in total. The van der Waals surface area contributed by atoms with E-state index in [1.807, 2.05) is 28.5 Å². The largest absolute Gasteiger partial charge is 0.444 e. The van der Waals surface area contributed by atoms with Gasteiger partial charge in [0.2, 0.25) is 5.91 Å². The molecule has 2 aromatic rings. The topological polar surface area (TPSA) is 108 Å². The van der Waals surface area contributed by atoms with Crippen LogP contribution < -0.4 is 16.0 Å². The molecule has 0 spiro atoms. The van der Waals surface area contributed by atoms with Crippen molar-refractivity contribution in [1.29, 1.82) is 5.26 Å². The predicted octanol–water partition coefficient (Wildman–Crippen LogP) is 4.85. The van der Waals surface area contributed by atoms with Crippen molar-refractivity contribution in [3.8, 4) is 6.07 Å². The number of hydrogen-bond acceptors (Lipinski definition) is 6. The van der Waals surface area contributed by atoms with Crippen LogP contribution in [0.4, 0.5) is 23.7 Å². The van der Waals surface area contributed by atoms with Gasteiger partial charge in [-0.05, 0) is 63.3 Å². The molecule has 1 fully saturated rings. The Hall–Kier alpha value is -3.26. The fourth-order valence-electron chi connectivity index (χ4n) is 3.34. The molecule has 35 heavy (non-hydrogen) atoms. The van der Waals surface area contributed by atoms with Crippen molar-refractivity contribution in [2.24, 2.45) is 5.73 Å². The van der Waals surface area contributed by atoms with Gasteiger partial charge < -0.3 is 20.7 Å². The Morgan fingerprint density at radius 3 is 2.37 bits per heavy atom. The van der Waals surface area contributed by atoms with Crippen molar-refractivity contribution < 1.29 is 27.5 Å². The summed E-state index contributed by atoms with van der Waals surface area (Å²) in [5, 5.41) is 13.3. The van der Waals surface area contributed by atoms with Crippen LogP contribution in [0.25, 0.3) is 0 Å². The molecule has 2 amide bonds. The molecule has 2 heterocycles. The molecule has 0 saturated carbocycles. The van der Waals surface area contributed by atoms with Gasteiger partial charge in [0.25, 0.3) is 0 Å². The van der Waals surface area contributed by atoms with Crippen LogP contribution in [-0.2, 0) is 22.1 Å². The van der Waals surface area contributed by atoms with Gasteiger partial charge in [-0.15, -0.1) is 11.3 Å². The second kappa shape index (κ2) is 11.9. The van der Waals surface area contributed by atoms with Crippen LogP contribution in [0.5, 0.6) is 0 Å². The summed E-state index contributed by atoms with van der Waals surface area (Å²) in [5.41, 5.74) is 4.60. The maximum absolute atomic E-state index is 12.5. The normalized spacial score (nSPS) is 14.4. The van der Waals surface area contributed by atoms with Crippen molar-refractivity contribution in [1.82, 2.24) is 5.32 Å². The Morgan fingerprint density at radius 2 is 1.89 bits per heavy atom. The lowest BCUT2D eigenvalue weighted by atomic mass is 10.1. The molecule has 11 heteroatoms. The molecule has 1 aliphatic heterocycles. The molecule has 1 aromatic carbocycles. The van der Waals surface area contributed by atoms with Crippen LogP contribution in [0.3, 0.4) is 0 Å². The van der Waals surface area contributed by atoms with E-state index in [4.69, 9.17) is 15.7 Å². The summed E-state index contributed by atoms with van der Waals surface area (Å²) >= 11 is 1.51.